The Labute approximate surface area is 106 Å². The van der Waals surface area contributed by atoms with Crippen LogP contribution in [-0.2, 0) is 19.4 Å². The van der Waals surface area contributed by atoms with Crippen LogP contribution >= 0.6 is 0 Å². The van der Waals surface area contributed by atoms with E-state index >= 15 is 0 Å². The number of benzene rings is 1. The second kappa shape index (κ2) is 5.58. The molecule has 4 nitrogen and oxygen atoms in total. The number of nitrogens with one attached hydrogen (secondary N) is 2. The van der Waals surface area contributed by atoms with Crippen molar-refractivity contribution in [3.8, 4) is 5.75 Å². The van der Waals surface area contributed by atoms with Gasteiger partial charge in [-0.1, -0.05) is 26.0 Å². The van der Waals surface area contributed by atoms with Crippen molar-refractivity contribution >= 4 is 0 Å². The fraction of sp³-hybridized carbons (Fsp3) is 0.357. The lowest BCUT2D eigenvalue weighted by molar-refractivity contribution is 0.298. The lowest BCUT2D eigenvalue weighted by Gasteiger charge is -2.11. The fourth-order valence-corrected chi connectivity index (χ4v) is 1.85. The maximum atomic E-state index is 11.0. The number of imidazole rings is 1. The molecular formula is C14H18N2O2. The Balaban J connectivity index is 2.14. The molecular weight excluding hydrogens is 228 g/mol. The van der Waals surface area contributed by atoms with Crippen LogP contribution in [0.4, 0.5) is 0 Å². The van der Waals surface area contributed by atoms with Crippen molar-refractivity contribution in [1.82, 2.24) is 9.97 Å². The molecule has 18 heavy (non-hydrogen) atoms. The number of aromatic amines is 2. The molecule has 0 saturated heterocycles. The molecule has 4 heteroatoms. The number of hydrogen-bond donors (Lipinski definition) is 2. The normalized spacial score (nSPS) is 10.6. The zero-order valence-electron chi connectivity index (χ0n) is 10.7. The molecule has 2 rings (SSSR count). The third-order valence-corrected chi connectivity index (χ3v) is 2.96. The zero-order valence-corrected chi connectivity index (χ0v) is 10.7. The Morgan fingerprint density at radius 1 is 1.22 bits per heavy atom. The molecule has 1 aromatic heterocycles. The third kappa shape index (κ3) is 2.83. The highest BCUT2D eigenvalue weighted by Crippen LogP contribution is 2.22. The summed E-state index contributed by atoms with van der Waals surface area (Å²) in [6.45, 7) is 4.60. The summed E-state index contributed by atoms with van der Waals surface area (Å²) in [7, 11) is 0. The maximum absolute atomic E-state index is 11.0. The monoisotopic (exact) mass is 246 g/mol. The van der Waals surface area contributed by atoms with Gasteiger partial charge in [-0.15, -0.1) is 0 Å². The van der Waals surface area contributed by atoms with Gasteiger partial charge in [0.2, 0.25) is 0 Å². The van der Waals surface area contributed by atoms with E-state index in [9.17, 15) is 4.79 Å². The summed E-state index contributed by atoms with van der Waals surface area (Å²) in [4.78, 5) is 16.2. The van der Waals surface area contributed by atoms with Crippen LogP contribution in [0.2, 0.25) is 0 Å². The summed E-state index contributed by atoms with van der Waals surface area (Å²) < 4.78 is 5.78. The summed E-state index contributed by atoms with van der Waals surface area (Å²) in [5.41, 5.74) is 2.99. The minimum atomic E-state index is -0.202. The topological polar surface area (TPSA) is 57.9 Å². The van der Waals surface area contributed by atoms with Crippen LogP contribution in [0.15, 0.2) is 29.2 Å². The Hall–Kier alpha value is -1.97. The van der Waals surface area contributed by atoms with E-state index in [0.717, 1.165) is 24.3 Å². The number of aromatic nitrogens is 2. The second-order valence-corrected chi connectivity index (χ2v) is 4.21. The first-order chi connectivity index (χ1) is 8.72. The number of hydrogen-bond acceptors (Lipinski definition) is 2. The van der Waals surface area contributed by atoms with E-state index in [-0.39, 0.29) is 5.69 Å². The van der Waals surface area contributed by atoms with Gasteiger partial charge in [0.25, 0.3) is 0 Å². The van der Waals surface area contributed by atoms with Crippen molar-refractivity contribution in [2.24, 2.45) is 0 Å². The first-order valence-electron chi connectivity index (χ1n) is 6.24. The van der Waals surface area contributed by atoms with Gasteiger partial charge in [0.15, 0.2) is 0 Å². The first-order valence-corrected chi connectivity index (χ1v) is 6.24. The standard InChI is InChI=1S/C14H18N2O2/c1-3-10-5-6-11(4-2)13(7-10)18-9-12-8-15-14(17)16-12/h5-8H,3-4,9H2,1-2H3,(H2,15,16,17). The molecule has 0 radical (unpaired) electrons. The Morgan fingerprint density at radius 2 is 2.06 bits per heavy atom. The van der Waals surface area contributed by atoms with Crippen LogP contribution in [0.1, 0.15) is 30.7 Å². The fourth-order valence-electron chi connectivity index (χ4n) is 1.85. The molecule has 0 aliphatic heterocycles. The van der Waals surface area contributed by atoms with Gasteiger partial charge in [-0.25, -0.2) is 4.79 Å². The van der Waals surface area contributed by atoms with E-state index in [1.54, 1.807) is 6.20 Å². The molecule has 2 N–H and O–H groups in total. The van der Waals surface area contributed by atoms with Crippen molar-refractivity contribution in [1.29, 1.82) is 0 Å². The van der Waals surface area contributed by atoms with Crippen molar-refractivity contribution in [2.75, 3.05) is 0 Å². The quantitative estimate of drug-likeness (QED) is 0.851. The molecule has 0 saturated carbocycles. The van der Waals surface area contributed by atoms with Gasteiger partial charge in [0.1, 0.15) is 12.4 Å². The van der Waals surface area contributed by atoms with Gasteiger partial charge >= 0.3 is 5.69 Å². The Morgan fingerprint density at radius 3 is 2.67 bits per heavy atom. The van der Waals surface area contributed by atoms with E-state index < -0.39 is 0 Å². The minimum absolute atomic E-state index is 0.202. The SMILES string of the molecule is CCc1ccc(CC)c(OCc2c[nH]c(=O)[nH]2)c1. The molecule has 0 atom stereocenters. The first kappa shape index (κ1) is 12.5. The molecule has 0 aliphatic carbocycles. The van der Waals surface area contributed by atoms with Crippen LogP contribution in [-0.4, -0.2) is 9.97 Å². The molecule has 0 amide bonds. The summed E-state index contributed by atoms with van der Waals surface area (Å²) in [5, 5.41) is 0. The summed E-state index contributed by atoms with van der Waals surface area (Å²) in [6.07, 6.45) is 3.56. The van der Waals surface area contributed by atoms with Crippen molar-refractivity contribution in [2.45, 2.75) is 33.3 Å². The Kier molecular flexibility index (Phi) is 3.87. The van der Waals surface area contributed by atoms with Crippen LogP contribution in [0.25, 0.3) is 0 Å². The largest absolute Gasteiger partial charge is 0.487 e. The van der Waals surface area contributed by atoms with Gasteiger partial charge in [0, 0.05) is 6.20 Å². The molecule has 0 unspecified atom stereocenters. The minimum Gasteiger partial charge on any atom is -0.487 e. The van der Waals surface area contributed by atoms with Crippen molar-refractivity contribution < 1.29 is 4.74 Å². The zero-order chi connectivity index (χ0) is 13.0. The molecule has 0 spiro atoms. The molecule has 0 bridgehead atoms. The van der Waals surface area contributed by atoms with Gasteiger partial charge in [0.05, 0.1) is 5.69 Å². The molecule has 2 aromatic rings. The van der Waals surface area contributed by atoms with Gasteiger partial charge in [-0.2, -0.15) is 0 Å². The lowest BCUT2D eigenvalue weighted by atomic mass is 10.1. The Bertz CT molecular complexity index is 569. The second-order valence-electron chi connectivity index (χ2n) is 4.21. The van der Waals surface area contributed by atoms with Gasteiger partial charge in [-0.05, 0) is 30.0 Å². The van der Waals surface area contributed by atoms with Crippen molar-refractivity contribution in [3.05, 3.63) is 51.7 Å². The highest BCUT2D eigenvalue weighted by atomic mass is 16.5. The van der Waals surface area contributed by atoms with Gasteiger partial charge in [-0.3, -0.25) is 0 Å². The molecule has 96 valence electrons. The predicted octanol–water partition coefficient (Wildman–Crippen LogP) is 2.41. The van der Waals surface area contributed by atoms with E-state index in [4.69, 9.17) is 4.74 Å². The highest BCUT2D eigenvalue weighted by molar-refractivity contribution is 5.37. The van der Waals surface area contributed by atoms with E-state index in [1.165, 1.54) is 11.1 Å². The van der Waals surface area contributed by atoms with Crippen LogP contribution in [0.5, 0.6) is 5.75 Å². The highest BCUT2D eigenvalue weighted by Gasteiger charge is 2.04. The molecule has 0 fully saturated rings. The molecule has 1 aromatic carbocycles. The molecule has 0 aliphatic rings. The van der Waals surface area contributed by atoms with E-state index in [1.807, 2.05) is 0 Å². The smallest absolute Gasteiger partial charge is 0.323 e. The van der Waals surface area contributed by atoms with Crippen LogP contribution in [0.3, 0.4) is 0 Å². The number of H-pyrrole nitrogens is 2. The number of aryl methyl sites for hydroxylation is 2. The average molecular weight is 246 g/mol. The van der Waals surface area contributed by atoms with Gasteiger partial charge < -0.3 is 14.7 Å². The molecule has 1 heterocycles. The predicted molar refractivity (Wildman–Crippen MR) is 70.9 cm³/mol. The summed E-state index contributed by atoms with van der Waals surface area (Å²) >= 11 is 0. The lowest BCUT2D eigenvalue weighted by Crippen LogP contribution is -2.04. The van der Waals surface area contributed by atoms with Crippen molar-refractivity contribution in [3.63, 3.8) is 0 Å². The average Bonchev–Trinajstić information content (AvgIpc) is 2.81. The van der Waals surface area contributed by atoms with E-state index in [2.05, 4.69) is 42.0 Å². The third-order valence-electron chi connectivity index (χ3n) is 2.96. The van der Waals surface area contributed by atoms with Crippen LogP contribution in [0, 0.1) is 0 Å². The summed E-state index contributed by atoms with van der Waals surface area (Å²) in [5.74, 6) is 0.902. The number of rotatable bonds is 5. The van der Waals surface area contributed by atoms with E-state index in [0.29, 0.717) is 6.61 Å². The summed E-state index contributed by atoms with van der Waals surface area (Å²) in [6, 6.07) is 6.31. The number of ether oxygens (including phenoxy) is 1. The maximum Gasteiger partial charge on any atom is 0.323 e. The van der Waals surface area contributed by atoms with Crippen LogP contribution < -0.4 is 10.4 Å².